The zero-order valence-electron chi connectivity index (χ0n) is 36.4. The Morgan fingerprint density at radius 3 is 2.16 bits per heavy atom. The predicted molar refractivity (Wildman–Crippen MR) is 249 cm³/mol. The van der Waals surface area contributed by atoms with Crippen molar-refractivity contribution in [1.29, 1.82) is 0 Å². The summed E-state index contributed by atoms with van der Waals surface area (Å²) in [5.41, 5.74) is 11.0. The molecule has 2 atom stereocenters. The van der Waals surface area contributed by atoms with Crippen LogP contribution in [0.4, 0.5) is 22.7 Å². The topological polar surface area (TPSA) is 93.1 Å². The van der Waals surface area contributed by atoms with Crippen LogP contribution in [0.15, 0.2) is 96.0 Å². The van der Waals surface area contributed by atoms with Gasteiger partial charge in [-0.3, -0.25) is 19.5 Å². The van der Waals surface area contributed by atoms with Gasteiger partial charge in [0.2, 0.25) is 0 Å². The number of anilines is 3. The number of rotatable bonds is 14. The fourth-order valence-corrected chi connectivity index (χ4v) is 9.62. The number of hydrogen-bond donors (Lipinski definition) is 0. The Hall–Kier alpha value is -5.78. The van der Waals surface area contributed by atoms with Gasteiger partial charge in [-0.1, -0.05) is 36.4 Å². The second-order valence-corrected chi connectivity index (χ2v) is 18.8. The summed E-state index contributed by atoms with van der Waals surface area (Å²) in [6, 6.07) is 30.4. The Morgan fingerprint density at radius 1 is 0.774 bits per heavy atom. The van der Waals surface area contributed by atoms with Crippen molar-refractivity contribution in [2.24, 2.45) is 4.99 Å². The van der Waals surface area contributed by atoms with E-state index >= 15 is 0 Å². The van der Waals surface area contributed by atoms with E-state index in [0.29, 0.717) is 42.5 Å². The van der Waals surface area contributed by atoms with Crippen LogP contribution in [-0.4, -0.2) is 75.0 Å². The van der Waals surface area contributed by atoms with Crippen molar-refractivity contribution < 1.29 is 28.5 Å². The monoisotopic (exact) mass is 850 g/mol. The van der Waals surface area contributed by atoms with Crippen molar-refractivity contribution in [2.45, 2.75) is 76.5 Å². The molecule has 2 amide bonds. The minimum Gasteiger partial charge on any atom is -0.493 e. The smallest absolute Gasteiger partial charge is 0.261 e. The van der Waals surface area contributed by atoms with Gasteiger partial charge in [0, 0.05) is 72.3 Å². The van der Waals surface area contributed by atoms with Crippen LogP contribution >= 0.6 is 11.8 Å². The molecule has 0 bridgehead atoms. The van der Waals surface area contributed by atoms with Crippen LogP contribution in [-0.2, 0) is 37.2 Å². The minimum atomic E-state index is -0.156. The van der Waals surface area contributed by atoms with Crippen LogP contribution in [0.25, 0.3) is 0 Å². The third-order valence-corrected chi connectivity index (χ3v) is 13.9. The van der Waals surface area contributed by atoms with Gasteiger partial charge in [0.05, 0.1) is 31.0 Å². The Kier molecular flexibility index (Phi) is 11.5. The van der Waals surface area contributed by atoms with Gasteiger partial charge in [-0.25, -0.2) is 0 Å². The molecule has 0 saturated heterocycles. The number of aryl methyl sites for hydroxylation is 2. The van der Waals surface area contributed by atoms with E-state index in [1.165, 1.54) is 5.56 Å². The summed E-state index contributed by atoms with van der Waals surface area (Å²) in [6.45, 7) is 9.16. The molecule has 4 heterocycles. The molecular weight excluding hydrogens is 797 g/mol. The molecule has 62 heavy (non-hydrogen) atoms. The van der Waals surface area contributed by atoms with Gasteiger partial charge in [0.25, 0.3) is 11.8 Å². The van der Waals surface area contributed by atoms with Gasteiger partial charge >= 0.3 is 0 Å². The molecule has 0 aromatic heterocycles. The molecule has 0 fully saturated rings. The molecule has 4 aliphatic heterocycles. The van der Waals surface area contributed by atoms with Gasteiger partial charge in [0.1, 0.15) is 19.0 Å². The van der Waals surface area contributed by atoms with E-state index in [2.05, 4.69) is 73.5 Å². The Balaban J connectivity index is 0.995. The van der Waals surface area contributed by atoms with Crippen molar-refractivity contribution in [1.82, 2.24) is 0 Å². The molecule has 5 aromatic rings. The lowest BCUT2D eigenvalue weighted by atomic mass is 9.98. The maximum Gasteiger partial charge on any atom is 0.261 e. The Morgan fingerprint density at radius 2 is 1.45 bits per heavy atom. The number of hydrogen-bond acceptors (Lipinski definition) is 9. The molecule has 10 nitrogen and oxygen atoms in total. The van der Waals surface area contributed by atoms with E-state index in [4.69, 9.17) is 23.9 Å². The second-order valence-electron chi connectivity index (χ2n) is 17.3. The van der Waals surface area contributed by atoms with Gasteiger partial charge in [-0.2, -0.15) is 11.8 Å². The molecule has 9 rings (SSSR count). The number of thioether (sulfide) groups is 1. The fraction of sp³-hybridized carbons (Fsp3) is 0.353. The second kappa shape index (κ2) is 17.2. The molecule has 0 N–H and O–H groups in total. The average molecular weight is 851 g/mol. The first-order valence-electron chi connectivity index (χ1n) is 21.4. The van der Waals surface area contributed by atoms with Gasteiger partial charge in [-0.15, -0.1) is 0 Å². The van der Waals surface area contributed by atoms with E-state index in [-0.39, 0.29) is 35.3 Å². The first-order valence-corrected chi connectivity index (χ1v) is 22.7. The van der Waals surface area contributed by atoms with Crippen molar-refractivity contribution >= 4 is 52.5 Å². The number of benzene rings is 5. The number of nitrogens with zero attached hydrogens (tertiary/aromatic N) is 4. The van der Waals surface area contributed by atoms with Crippen LogP contribution < -0.4 is 28.9 Å². The maximum atomic E-state index is 14.1. The highest BCUT2D eigenvalue weighted by molar-refractivity contribution is 7.99. The highest BCUT2D eigenvalue weighted by Gasteiger charge is 2.38. The first-order chi connectivity index (χ1) is 30.0. The number of carbonyl (C=O) groups is 2. The van der Waals surface area contributed by atoms with Crippen LogP contribution in [0.1, 0.15) is 74.4 Å². The van der Waals surface area contributed by atoms with Crippen LogP contribution in [0.2, 0.25) is 0 Å². The third kappa shape index (κ3) is 8.04. The van der Waals surface area contributed by atoms with Gasteiger partial charge in [0.15, 0.2) is 11.5 Å². The van der Waals surface area contributed by atoms with Crippen molar-refractivity contribution in [3.8, 4) is 17.2 Å². The van der Waals surface area contributed by atoms with Crippen LogP contribution in [0, 0.1) is 6.92 Å². The van der Waals surface area contributed by atoms with E-state index in [1.807, 2.05) is 71.1 Å². The maximum absolute atomic E-state index is 14.1. The number of para-hydroxylation sites is 2. The molecule has 11 heteroatoms. The molecule has 0 aliphatic carbocycles. The lowest BCUT2D eigenvalue weighted by Gasteiger charge is -2.33. The van der Waals surface area contributed by atoms with Crippen LogP contribution in [0.3, 0.4) is 0 Å². The zero-order chi connectivity index (χ0) is 43.1. The fourth-order valence-electron chi connectivity index (χ4n) is 9.34. The third-order valence-electron chi connectivity index (χ3n) is 12.7. The van der Waals surface area contributed by atoms with Crippen molar-refractivity contribution in [3.63, 3.8) is 0 Å². The largest absolute Gasteiger partial charge is 0.493 e. The summed E-state index contributed by atoms with van der Waals surface area (Å²) in [5, 5.41) is 0. The highest BCUT2D eigenvalue weighted by atomic mass is 32.2. The standard InChI is InChI=1S/C51H54N4O6S/c1-32-19-41-35(15-16-38-23-36-11-7-9-13-44(36)54(38)49(41)56)25-46(32)60-29-33-20-34(22-39(21-33)53(17-18-58-4)31-51(2,3)62-6)30-61-48-27-43-42(26-47(48)59-5)50(57)55-40(28-52-43)24-37-12-8-10-14-45(37)55/h7-14,19-22,25-28,38,40H,15-18,23-24,29-31H2,1-6H3/t38-,40+/m1/s1. The number of ether oxygens (including phenoxy) is 4. The summed E-state index contributed by atoms with van der Waals surface area (Å²) in [7, 11) is 3.32. The zero-order valence-corrected chi connectivity index (χ0v) is 37.2. The summed E-state index contributed by atoms with van der Waals surface area (Å²) < 4.78 is 24.6. The normalized spacial score (nSPS) is 17.3. The summed E-state index contributed by atoms with van der Waals surface area (Å²) in [5.74, 6) is 1.69. The van der Waals surface area contributed by atoms with E-state index < -0.39 is 0 Å². The SMILES string of the molecule is COCCN(CC(C)(C)SC)c1cc(COc2cc3c(cc2C)C(=O)N2c4ccccc4C[C@H]2CC3)cc(COc2cc3c(cc2OC)C(=O)N2c4ccccc4C[C@H]2C=N3)c1. The lowest BCUT2D eigenvalue weighted by molar-refractivity contribution is 0.0975. The lowest BCUT2D eigenvalue weighted by Crippen LogP contribution is -2.38. The number of fused-ring (bicyclic) bond motifs is 8. The van der Waals surface area contributed by atoms with E-state index in [1.54, 1.807) is 20.3 Å². The number of methoxy groups -OCH3 is 2. The van der Waals surface area contributed by atoms with Crippen molar-refractivity contribution in [3.05, 3.63) is 136 Å². The number of carbonyl (C=O) groups excluding carboxylic acids is 2. The quantitative estimate of drug-likeness (QED) is 0.109. The van der Waals surface area contributed by atoms with Crippen LogP contribution in [0.5, 0.6) is 17.2 Å². The summed E-state index contributed by atoms with van der Waals surface area (Å²) in [6.07, 6.45) is 7.32. The highest BCUT2D eigenvalue weighted by Crippen LogP contribution is 2.42. The Bertz CT molecular complexity index is 2570. The molecule has 320 valence electrons. The van der Waals surface area contributed by atoms with Gasteiger partial charge in [-0.05, 0) is 128 Å². The molecule has 0 spiro atoms. The average Bonchev–Trinajstić information content (AvgIpc) is 3.77. The molecule has 4 aliphatic rings. The Labute approximate surface area is 368 Å². The van der Waals surface area contributed by atoms with E-state index in [0.717, 1.165) is 88.4 Å². The number of aliphatic imine (C=N–C) groups is 1. The molecule has 5 aromatic carbocycles. The molecule has 0 radical (unpaired) electrons. The number of amides is 2. The van der Waals surface area contributed by atoms with E-state index in [9.17, 15) is 9.59 Å². The summed E-state index contributed by atoms with van der Waals surface area (Å²) in [4.78, 5) is 39.1. The first kappa shape index (κ1) is 41.6. The van der Waals surface area contributed by atoms with Crippen molar-refractivity contribution in [2.75, 3.05) is 54.9 Å². The summed E-state index contributed by atoms with van der Waals surface area (Å²) >= 11 is 1.83. The molecular formula is C51H54N4O6S. The minimum absolute atomic E-state index is 0.0191. The predicted octanol–water partition coefficient (Wildman–Crippen LogP) is 9.56. The molecule has 0 unspecified atom stereocenters. The molecule has 0 saturated carbocycles. The van der Waals surface area contributed by atoms with Gasteiger partial charge < -0.3 is 28.7 Å².